The molecule has 5 heteroatoms. The van der Waals surface area contributed by atoms with Gasteiger partial charge in [0.25, 0.3) is 0 Å². The average Bonchev–Trinajstić information content (AvgIpc) is 3.47. The van der Waals surface area contributed by atoms with Crippen molar-refractivity contribution in [3.8, 4) is 5.69 Å². The fraction of sp³-hybridized carbons (Fsp3) is 0.429. The van der Waals surface area contributed by atoms with Gasteiger partial charge in [-0.3, -0.25) is 4.79 Å². The Kier molecular flexibility index (Phi) is 4.33. The van der Waals surface area contributed by atoms with E-state index in [1.165, 1.54) is 29.8 Å². The largest absolute Gasteiger partial charge is 0.346 e. The number of aromatic nitrogens is 3. The third-order valence-corrected chi connectivity index (χ3v) is 7.62. The number of fused-ring (bicyclic) bond motifs is 1. The lowest BCUT2D eigenvalue weighted by Crippen LogP contribution is -2.34. The van der Waals surface area contributed by atoms with Crippen LogP contribution in [0.3, 0.4) is 0 Å². The van der Waals surface area contributed by atoms with E-state index in [2.05, 4.69) is 62.7 Å². The molecule has 170 valence electrons. The normalized spacial score (nSPS) is 21.6. The van der Waals surface area contributed by atoms with E-state index in [9.17, 15) is 4.79 Å². The van der Waals surface area contributed by atoms with Gasteiger partial charge in [0.05, 0.1) is 11.4 Å². The minimum atomic E-state index is -0.0731. The van der Waals surface area contributed by atoms with Crippen molar-refractivity contribution in [2.24, 2.45) is 5.41 Å². The van der Waals surface area contributed by atoms with Crippen molar-refractivity contribution >= 4 is 11.6 Å². The maximum absolute atomic E-state index is 13.6. The van der Waals surface area contributed by atoms with Gasteiger partial charge in [-0.1, -0.05) is 32.0 Å². The van der Waals surface area contributed by atoms with Crippen LogP contribution in [0.2, 0.25) is 0 Å². The van der Waals surface area contributed by atoms with E-state index in [0.717, 1.165) is 40.5 Å². The molecule has 0 spiro atoms. The second-order valence-electron chi connectivity index (χ2n) is 10.9. The molecule has 0 radical (unpaired) electrons. The number of para-hydroxylation sites is 1. The van der Waals surface area contributed by atoms with Gasteiger partial charge < -0.3 is 9.88 Å². The minimum Gasteiger partial charge on any atom is -0.346 e. The molecule has 1 aromatic carbocycles. The van der Waals surface area contributed by atoms with Gasteiger partial charge in [-0.25, -0.2) is 4.68 Å². The van der Waals surface area contributed by atoms with Crippen molar-refractivity contribution in [2.45, 2.75) is 72.3 Å². The monoisotopic (exact) mass is 440 g/mol. The number of allylic oxidation sites excluding steroid dienone is 2. The number of carbonyl (C=O) groups is 1. The topological polar surface area (TPSA) is 51.9 Å². The number of hydrogen-bond acceptors (Lipinski definition) is 3. The van der Waals surface area contributed by atoms with E-state index in [0.29, 0.717) is 12.5 Å². The minimum absolute atomic E-state index is 0.0531. The zero-order chi connectivity index (χ0) is 23.1. The van der Waals surface area contributed by atoms with Gasteiger partial charge in [-0.15, -0.1) is 0 Å². The molecular formula is C28H32N4O. The Morgan fingerprint density at radius 2 is 1.79 bits per heavy atom. The van der Waals surface area contributed by atoms with Gasteiger partial charge >= 0.3 is 0 Å². The predicted molar refractivity (Wildman–Crippen MR) is 131 cm³/mol. The van der Waals surface area contributed by atoms with Crippen molar-refractivity contribution < 1.29 is 4.79 Å². The van der Waals surface area contributed by atoms with Gasteiger partial charge in [0.15, 0.2) is 5.78 Å². The summed E-state index contributed by atoms with van der Waals surface area (Å²) in [6, 6.07) is 13.2. The number of nitrogens with one attached hydrogen (secondary N) is 1. The molecule has 0 bridgehead atoms. The Morgan fingerprint density at radius 1 is 1.06 bits per heavy atom. The molecule has 3 aliphatic rings. The van der Waals surface area contributed by atoms with Crippen LogP contribution in [0.5, 0.6) is 0 Å². The lowest BCUT2D eigenvalue weighted by atomic mass is 9.69. The summed E-state index contributed by atoms with van der Waals surface area (Å²) in [6.07, 6.45) is 3.95. The first-order valence-corrected chi connectivity index (χ1v) is 12.1. The molecule has 6 rings (SSSR count). The molecule has 1 unspecified atom stereocenters. The zero-order valence-corrected chi connectivity index (χ0v) is 20.2. The van der Waals surface area contributed by atoms with E-state index in [4.69, 9.17) is 5.10 Å². The van der Waals surface area contributed by atoms with E-state index in [-0.39, 0.29) is 17.1 Å². The first-order chi connectivity index (χ1) is 15.7. The van der Waals surface area contributed by atoms with Crippen LogP contribution >= 0.6 is 0 Å². The molecule has 2 aromatic heterocycles. The number of anilines is 1. The smallest absolute Gasteiger partial charge is 0.162 e. The van der Waals surface area contributed by atoms with Crippen LogP contribution in [0, 0.1) is 26.2 Å². The molecule has 0 amide bonds. The highest BCUT2D eigenvalue weighted by atomic mass is 16.1. The zero-order valence-electron chi connectivity index (χ0n) is 20.2. The quantitative estimate of drug-likeness (QED) is 0.533. The van der Waals surface area contributed by atoms with Gasteiger partial charge in [0, 0.05) is 46.6 Å². The molecule has 0 saturated heterocycles. The Morgan fingerprint density at radius 3 is 2.48 bits per heavy atom. The molecule has 33 heavy (non-hydrogen) atoms. The highest BCUT2D eigenvalue weighted by Gasteiger charge is 2.44. The van der Waals surface area contributed by atoms with Crippen molar-refractivity contribution in [3.63, 3.8) is 0 Å². The molecule has 1 fully saturated rings. The highest BCUT2D eigenvalue weighted by molar-refractivity contribution is 6.01. The van der Waals surface area contributed by atoms with Crippen molar-refractivity contribution in [1.82, 2.24) is 14.3 Å². The summed E-state index contributed by atoms with van der Waals surface area (Å²) in [5.74, 6) is 1.20. The molecule has 1 atom stereocenters. The predicted octanol–water partition coefficient (Wildman–Crippen LogP) is 6.13. The summed E-state index contributed by atoms with van der Waals surface area (Å²) in [5, 5.41) is 8.67. The van der Waals surface area contributed by atoms with Gasteiger partial charge in [0.2, 0.25) is 0 Å². The van der Waals surface area contributed by atoms with Crippen LogP contribution < -0.4 is 5.32 Å². The maximum atomic E-state index is 13.6. The summed E-state index contributed by atoms with van der Waals surface area (Å²) in [7, 11) is 0. The lowest BCUT2D eigenvalue weighted by Gasteiger charge is -2.38. The molecule has 1 saturated carbocycles. The molecule has 1 aliphatic heterocycles. The van der Waals surface area contributed by atoms with Gasteiger partial charge in [-0.05, 0) is 69.2 Å². The molecule has 2 aliphatic carbocycles. The standard InChI is InChI=1S/C28H32N4O/c1-16-13-21(18(3)31(16)19-11-12-19)25-24-17(2)30-32(20-9-7-6-8-10-20)27(24)29-22-14-28(4,5)15-23(33)26(22)25/h6-10,13,19,25,29H,11-12,14-15H2,1-5H3. The molecule has 1 N–H and O–H groups in total. The van der Waals surface area contributed by atoms with Crippen LogP contribution in [0.15, 0.2) is 47.7 Å². The number of nitrogens with zero attached hydrogens (tertiary/aromatic N) is 3. The number of rotatable bonds is 3. The van der Waals surface area contributed by atoms with E-state index in [1.54, 1.807) is 0 Å². The number of hydrogen-bond donors (Lipinski definition) is 1. The second kappa shape index (κ2) is 6.96. The highest BCUT2D eigenvalue weighted by Crippen LogP contribution is 2.52. The van der Waals surface area contributed by atoms with Crippen LogP contribution in [0.25, 0.3) is 5.69 Å². The summed E-state index contributed by atoms with van der Waals surface area (Å²) in [4.78, 5) is 13.6. The SMILES string of the molecule is Cc1nn(-c2ccccc2)c2c1C(c1cc(C)n(C3CC3)c1C)C1=C(CC(C)(C)CC1=O)N2. The van der Waals surface area contributed by atoms with Gasteiger partial charge in [0.1, 0.15) is 5.82 Å². The number of Topliss-reactive ketones (excluding diaryl/α,β-unsaturated/α-hetero) is 1. The summed E-state index contributed by atoms with van der Waals surface area (Å²) in [5.41, 5.74) is 8.97. The summed E-state index contributed by atoms with van der Waals surface area (Å²) in [6.45, 7) is 10.9. The number of ketones is 1. The van der Waals surface area contributed by atoms with Crippen molar-refractivity contribution in [1.29, 1.82) is 0 Å². The van der Waals surface area contributed by atoms with Gasteiger partial charge in [-0.2, -0.15) is 5.10 Å². The molecule has 5 nitrogen and oxygen atoms in total. The van der Waals surface area contributed by atoms with Crippen LogP contribution in [-0.2, 0) is 4.79 Å². The Balaban J connectivity index is 1.61. The lowest BCUT2D eigenvalue weighted by molar-refractivity contribution is -0.118. The van der Waals surface area contributed by atoms with E-state index in [1.807, 2.05) is 22.9 Å². The fourth-order valence-electron chi connectivity index (χ4n) is 6.13. The summed E-state index contributed by atoms with van der Waals surface area (Å²) < 4.78 is 4.51. The van der Waals surface area contributed by atoms with E-state index >= 15 is 0 Å². The molecule has 3 aromatic rings. The van der Waals surface area contributed by atoms with E-state index < -0.39 is 0 Å². The third-order valence-electron chi connectivity index (χ3n) is 7.62. The van der Waals surface area contributed by atoms with Crippen molar-refractivity contribution in [2.75, 3.05) is 5.32 Å². The number of benzene rings is 1. The Bertz CT molecular complexity index is 1320. The third kappa shape index (κ3) is 3.12. The molecule has 3 heterocycles. The first-order valence-electron chi connectivity index (χ1n) is 12.1. The second-order valence-corrected chi connectivity index (χ2v) is 10.9. The number of carbonyl (C=O) groups excluding carboxylic acids is 1. The maximum Gasteiger partial charge on any atom is 0.162 e. The first kappa shape index (κ1) is 20.5. The van der Waals surface area contributed by atoms with Crippen molar-refractivity contribution in [3.05, 3.63) is 75.9 Å². The number of aryl methyl sites for hydroxylation is 2. The fourth-order valence-corrected chi connectivity index (χ4v) is 6.13. The van der Waals surface area contributed by atoms with Crippen LogP contribution in [0.4, 0.5) is 5.82 Å². The van der Waals surface area contributed by atoms with Crippen LogP contribution in [0.1, 0.15) is 79.7 Å². The average molecular weight is 441 g/mol. The van der Waals surface area contributed by atoms with Crippen LogP contribution in [-0.4, -0.2) is 20.1 Å². The Hall–Kier alpha value is -3.08. The Labute approximate surface area is 195 Å². The summed E-state index contributed by atoms with van der Waals surface area (Å²) >= 11 is 0. The molecular weight excluding hydrogens is 408 g/mol.